The van der Waals surface area contributed by atoms with Gasteiger partial charge in [-0.3, -0.25) is 14.8 Å². The van der Waals surface area contributed by atoms with Gasteiger partial charge in [-0.15, -0.1) is 0 Å². The maximum atomic E-state index is 13.9. The van der Waals surface area contributed by atoms with Gasteiger partial charge < -0.3 is 4.90 Å². The Bertz CT molecular complexity index is 1040. The van der Waals surface area contributed by atoms with Crippen molar-refractivity contribution in [1.29, 1.82) is 0 Å². The third-order valence-electron chi connectivity index (χ3n) is 5.83. The smallest absolute Gasteiger partial charge is 0.257 e. The van der Waals surface area contributed by atoms with Gasteiger partial charge in [0.2, 0.25) is 0 Å². The summed E-state index contributed by atoms with van der Waals surface area (Å²) in [5.41, 5.74) is 3.37. The SMILES string of the molecule is CN(Cc1ccccc1)C(=O)c1cn[nH]c1C1CCCCN1Cc1ccc(Cl)c(F)c1. The van der Waals surface area contributed by atoms with Crippen LogP contribution in [0.25, 0.3) is 0 Å². The van der Waals surface area contributed by atoms with Crippen molar-refractivity contribution in [1.82, 2.24) is 20.0 Å². The van der Waals surface area contributed by atoms with Crippen LogP contribution in [-0.4, -0.2) is 39.5 Å². The molecular weight excluding hydrogens is 415 g/mol. The zero-order valence-corrected chi connectivity index (χ0v) is 18.3. The molecule has 5 nitrogen and oxygen atoms in total. The molecule has 162 valence electrons. The minimum atomic E-state index is -0.410. The molecule has 0 saturated carbocycles. The van der Waals surface area contributed by atoms with Gasteiger partial charge in [0.15, 0.2) is 0 Å². The summed E-state index contributed by atoms with van der Waals surface area (Å²) in [5, 5.41) is 7.40. The molecule has 4 rings (SSSR count). The fraction of sp³-hybridized carbons (Fsp3) is 0.333. The molecule has 0 spiro atoms. The number of likely N-dealkylation sites (tertiary alicyclic amines) is 1. The second-order valence-corrected chi connectivity index (χ2v) is 8.48. The molecule has 31 heavy (non-hydrogen) atoms. The summed E-state index contributed by atoms with van der Waals surface area (Å²) in [6, 6.07) is 14.9. The van der Waals surface area contributed by atoms with Crippen molar-refractivity contribution in [2.45, 2.75) is 38.4 Å². The number of H-pyrrole nitrogens is 1. The molecular formula is C24H26ClFN4O. The van der Waals surface area contributed by atoms with Gasteiger partial charge in [0, 0.05) is 20.1 Å². The summed E-state index contributed by atoms with van der Waals surface area (Å²) in [7, 11) is 1.81. The van der Waals surface area contributed by atoms with Crippen molar-refractivity contribution in [2.75, 3.05) is 13.6 Å². The van der Waals surface area contributed by atoms with Crippen LogP contribution in [0.4, 0.5) is 4.39 Å². The zero-order valence-electron chi connectivity index (χ0n) is 17.5. The molecule has 1 aromatic heterocycles. The van der Waals surface area contributed by atoms with Gasteiger partial charge in [-0.1, -0.05) is 54.4 Å². The maximum Gasteiger partial charge on any atom is 0.257 e. The van der Waals surface area contributed by atoms with E-state index in [0.29, 0.717) is 18.7 Å². The van der Waals surface area contributed by atoms with Crippen molar-refractivity contribution in [3.63, 3.8) is 0 Å². The Balaban J connectivity index is 1.53. The van der Waals surface area contributed by atoms with E-state index in [4.69, 9.17) is 11.6 Å². The highest BCUT2D eigenvalue weighted by atomic mass is 35.5. The molecule has 1 atom stereocenters. The van der Waals surface area contributed by atoms with Crippen LogP contribution in [0.3, 0.4) is 0 Å². The van der Waals surface area contributed by atoms with Gasteiger partial charge in [0.05, 0.1) is 28.5 Å². The van der Waals surface area contributed by atoms with Crippen LogP contribution < -0.4 is 0 Å². The zero-order chi connectivity index (χ0) is 21.8. The molecule has 1 aliphatic heterocycles. The van der Waals surface area contributed by atoms with E-state index in [1.807, 2.05) is 36.4 Å². The van der Waals surface area contributed by atoms with Crippen LogP contribution in [0.2, 0.25) is 5.02 Å². The standard InChI is InChI=1S/C24H26ClFN4O/c1-29(15-17-7-3-2-4-8-17)24(31)19-14-27-28-23(19)22-9-5-6-12-30(22)16-18-10-11-20(25)21(26)13-18/h2-4,7-8,10-11,13-14,22H,5-6,9,12,15-16H2,1H3,(H,27,28). The third-order valence-corrected chi connectivity index (χ3v) is 6.13. The van der Waals surface area contributed by atoms with E-state index in [1.165, 1.54) is 6.07 Å². The van der Waals surface area contributed by atoms with E-state index in [2.05, 4.69) is 15.1 Å². The molecule has 0 aliphatic carbocycles. The van der Waals surface area contributed by atoms with Gasteiger partial charge >= 0.3 is 0 Å². The van der Waals surface area contributed by atoms with E-state index in [1.54, 1.807) is 24.2 Å². The monoisotopic (exact) mass is 440 g/mol. The van der Waals surface area contributed by atoms with Crippen molar-refractivity contribution in [3.8, 4) is 0 Å². The van der Waals surface area contributed by atoms with Crippen LogP contribution in [0, 0.1) is 5.82 Å². The number of amides is 1. The molecule has 0 bridgehead atoms. The van der Waals surface area contributed by atoms with Gasteiger partial charge in [-0.2, -0.15) is 5.10 Å². The largest absolute Gasteiger partial charge is 0.337 e. The van der Waals surface area contributed by atoms with E-state index < -0.39 is 5.82 Å². The number of rotatable bonds is 6. The van der Waals surface area contributed by atoms with Crippen LogP contribution in [-0.2, 0) is 13.1 Å². The van der Waals surface area contributed by atoms with E-state index in [0.717, 1.165) is 42.6 Å². The van der Waals surface area contributed by atoms with Gasteiger partial charge in [-0.05, 0) is 42.6 Å². The summed E-state index contributed by atoms with van der Waals surface area (Å²) >= 11 is 5.83. The summed E-state index contributed by atoms with van der Waals surface area (Å²) in [4.78, 5) is 17.2. The number of nitrogens with one attached hydrogen (secondary N) is 1. The molecule has 7 heteroatoms. The first-order chi connectivity index (χ1) is 15.0. The second kappa shape index (κ2) is 9.62. The number of halogens is 2. The number of hydrogen-bond acceptors (Lipinski definition) is 3. The minimum Gasteiger partial charge on any atom is -0.337 e. The first kappa shape index (κ1) is 21.5. The average Bonchev–Trinajstić information content (AvgIpc) is 3.26. The van der Waals surface area contributed by atoms with Crippen LogP contribution in [0.15, 0.2) is 54.7 Å². The number of nitrogens with zero attached hydrogens (tertiary/aromatic N) is 3. The first-order valence-corrected chi connectivity index (χ1v) is 10.9. The quantitative estimate of drug-likeness (QED) is 0.573. The average molecular weight is 441 g/mol. The molecule has 2 heterocycles. The summed E-state index contributed by atoms with van der Waals surface area (Å²) < 4.78 is 13.9. The molecule has 1 N–H and O–H groups in total. The van der Waals surface area contributed by atoms with Gasteiger partial charge in [-0.25, -0.2) is 4.39 Å². The number of benzene rings is 2. The minimum absolute atomic E-state index is 0.0269. The lowest BCUT2D eigenvalue weighted by atomic mass is 9.96. The number of hydrogen-bond donors (Lipinski definition) is 1. The van der Waals surface area contributed by atoms with Crippen LogP contribution in [0.1, 0.15) is 52.5 Å². The topological polar surface area (TPSA) is 52.2 Å². The molecule has 1 unspecified atom stereocenters. The molecule has 3 aromatic rings. The van der Waals surface area contributed by atoms with Crippen LogP contribution >= 0.6 is 11.6 Å². The third kappa shape index (κ3) is 4.97. The summed E-state index contributed by atoms with van der Waals surface area (Å²) in [6.45, 7) is 2.00. The first-order valence-electron chi connectivity index (χ1n) is 10.5. The Hall–Kier alpha value is -2.70. The van der Waals surface area contributed by atoms with E-state index in [9.17, 15) is 9.18 Å². The van der Waals surface area contributed by atoms with Crippen molar-refractivity contribution in [2.24, 2.45) is 0 Å². The fourth-order valence-corrected chi connectivity index (χ4v) is 4.35. The highest BCUT2D eigenvalue weighted by Crippen LogP contribution is 2.33. The van der Waals surface area contributed by atoms with Crippen molar-refractivity contribution in [3.05, 3.63) is 88.0 Å². The Morgan fingerprint density at radius 1 is 1.23 bits per heavy atom. The number of carbonyl (C=O) groups is 1. The molecule has 1 saturated heterocycles. The Kier molecular flexibility index (Phi) is 6.68. The predicted octanol–water partition coefficient (Wildman–Crippen LogP) is 5.20. The van der Waals surface area contributed by atoms with Gasteiger partial charge in [0.25, 0.3) is 5.91 Å². The van der Waals surface area contributed by atoms with E-state index >= 15 is 0 Å². The normalized spacial score (nSPS) is 16.9. The number of aromatic amines is 1. The lowest BCUT2D eigenvalue weighted by Gasteiger charge is -2.35. The molecule has 1 fully saturated rings. The summed E-state index contributed by atoms with van der Waals surface area (Å²) in [6.07, 6.45) is 4.68. The Morgan fingerprint density at radius 3 is 2.81 bits per heavy atom. The van der Waals surface area contributed by atoms with Crippen LogP contribution in [0.5, 0.6) is 0 Å². The molecule has 1 amide bonds. The molecule has 1 aliphatic rings. The predicted molar refractivity (Wildman–Crippen MR) is 119 cm³/mol. The summed E-state index contributed by atoms with van der Waals surface area (Å²) in [5.74, 6) is -0.469. The highest BCUT2D eigenvalue weighted by Gasteiger charge is 2.30. The Morgan fingerprint density at radius 2 is 2.03 bits per heavy atom. The number of piperidine rings is 1. The number of carbonyl (C=O) groups excluding carboxylic acids is 1. The van der Waals surface area contributed by atoms with E-state index in [-0.39, 0.29) is 17.0 Å². The van der Waals surface area contributed by atoms with Crippen molar-refractivity contribution >= 4 is 17.5 Å². The Labute approximate surface area is 186 Å². The molecule has 2 aromatic carbocycles. The van der Waals surface area contributed by atoms with Crippen molar-refractivity contribution < 1.29 is 9.18 Å². The number of aromatic nitrogens is 2. The fourth-order valence-electron chi connectivity index (χ4n) is 4.23. The second-order valence-electron chi connectivity index (χ2n) is 8.07. The lowest BCUT2D eigenvalue weighted by molar-refractivity contribution is 0.0776. The van der Waals surface area contributed by atoms with Gasteiger partial charge in [0.1, 0.15) is 5.82 Å². The highest BCUT2D eigenvalue weighted by molar-refractivity contribution is 6.30. The maximum absolute atomic E-state index is 13.9. The lowest BCUT2D eigenvalue weighted by Crippen LogP contribution is -2.35. The molecule has 0 radical (unpaired) electrons.